The van der Waals surface area contributed by atoms with Crippen LogP contribution in [0.15, 0.2) is 71.8 Å². The van der Waals surface area contributed by atoms with Crippen molar-refractivity contribution < 1.29 is 9.53 Å². The van der Waals surface area contributed by atoms with Crippen molar-refractivity contribution in [3.8, 4) is 6.07 Å². The Morgan fingerprint density at radius 3 is 2.43 bits per heavy atom. The average Bonchev–Trinajstić information content (AvgIpc) is 2.74. The van der Waals surface area contributed by atoms with E-state index in [-0.39, 0.29) is 5.57 Å². The second kappa shape index (κ2) is 9.54. The number of morpholine rings is 1. The summed E-state index contributed by atoms with van der Waals surface area (Å²) in [5.41, 5.74) is 3.68. The molecule has 1 saturated heterocycles. The number of carbonyl (C=O) groups excluding carboxylic acids is 1. The molecule has 1 amide bonds. The summed E-state index contributed by atoms with van der Waals surface area (Å²) in [4.78, 5) is 14.7. The van der Waals surface area contributed by atoms with Gasteiger partial charge in [0.25, 0.3) is 5.91 Å². The summed E-state index contributed by atoms with van der Waals surface area (Å²) in [5.74, 6) is -0.414. The molecular formula is C23H23N3O2. The predicted molar refractivity (Wildman–Crippen MR) is 112 cm³/mol. The molecule has 142 valence electrons. The van der Waals surface area contributed by atoms with Gasteiger partial charge in [0.1, 0.15) is 11.6 Å². The van der Waals surface area contributed by atoms with Crippen molar-refractivity contribution in [1.29, 1.82) is 5.26 Å². The summed E-state index contributed by atoms with van der Waals surface area (Å²) in [6, 6.07) is 19.4. The molecule has 5 nitrogen and oxygen atoms in total. The maximum Gasteiger partial charge on any atom is 0.266 e. The van der Waals surface area contributed by atoms with Crippen LogP contribution in [-0.2, 0) is 9.53 Å². The summed E-state index contributed by atoms with van der Waals surface area (Å²) in [5, 5.41) is 12.2. The van der Waals surface area contributed by atoms with Crippen molar-refractivity contribution in [2.45, 2.75) is 6.92 Å². The van der Waals surface area contributed by atoms with Crippen molar-refractivity contribution in [2.24, 2.45) is 0 Å². The van der Waals surface area contributed by atoms with Gasteiger partial charge in [0, 0.05) is 24.5 Å². The molecule has 2 aromatic carbocycles. The SMILES string of the molecule is CC(=C\c1ccccc1)/C=C(\C#N)C(=O)Nc1ccc(N2CCOCC2)cc1. The number of carbonyl (C=O) groups is 1. The normalized spacial score (nSPS) is 15.1. The molecule has 0 unspecified atom stereocenters. The van der Waals surface area contributed by atoms with E-state index in [1.54, 1.807) is 6.08 Å². The van der Waals surface area contributed by atoms with Gasteiger partial charge in [-0.2, -0.15) is 5.26 Å². The monoisotopic (exact) mass is 373 g/mol. The van der Waals surface area contributed by atoms with E-state index in [4.69, 9.17) is 4.74 Å². The summed E-state index contributed by atoms with van der Waals surface area (Å²) in [6.07, 6.45) is 3.53. The molecule has 0 atom stereocenters. The van der Waals surface area contributed by atoms with Crippen molar-refractivity contribution in [3.05, 3.63) is 77.4 Å². The molecule has 1 fully saturated rings. The van der Waals surface area contributed by atoms with Crippen LogP contribution in [0.3, 0.4) is 0 Å². The molecule has 1 N–H and O–H groups in total. The van der Waals surface area contributed by atoms with Gasteiger partial charge in [0.2, 0.25) is 0 Å². The van der Waals surface area contributed by atoms with E-state index >= 15 is 0 Å². The van der Waals surface area contributed by atoms with Crippen LogP contribution in [0.4, 0.5) is 11.4 Å². The van der Waals surface area contributed by atoms with Crippen LogP contribution in [0.2, 0.25) is 0 Å². The highest BCUT2D eigenvalue weighted by Gasteiger charge is 2.12. The molecular weight excluding hydrogens is 350 g/mol. The molecule has 0 spiro atoms. The first-order valence-corrected chi connectivity index (χ1v) is 9.25. The van der Waals surface area contributed by atoms with Crippen LogP contribution in [0.5, 0.6) is 0 Å². The van der Waals surface area contributed by atoms with Gasteiger partial charge in [-0.25, -0.2) is 0 Å². The molecule has 28 heavy (non-hydrogen) atoms. The van der Waals surface area contributed by atoms with Gasteiger partial charge >= 0.3 is 0 Å². The number of rotatable bonds is 5. The maximum absolute atomic E-state index is 12.5. The van der Waals surface area contributed by atoms with Gasteiger partial charge in [-0.15, -0.1) is 0 Å². The predicted octanol–water partition coefficient (Wildman–Crippen LogP) is 4.02. The second-order valence-electron chi connectivity index (χ2n) is 6.57. The zero-order valence-electron chi connectivity index (χ0n) is 15.9. The van der Waals surface area contributed by atoms with Crippen molar-refractivity contribution in [2.75, 3.05) is 36.5 Å². The maximum atomic E-state index is 12.5. The highest BCUT2D eigenvalue weighted by Crippen LogP contribution is 2.19. The summed E-state index contributed by atoms with van der Waals surface area (Å²) < 4.78 is 5.37. The van der Waals surface area contributed by atoms with Gasteiger partial charge in [-0.1, -0.05) is 36.4 Å². The van der Waals surface area contributed by atoms with Gasteiger partial charge < -0.3 is 15.0 Å². The van der Waals surface area contributed by atoms with Crippen LogP contribution in [0, 0.1) is 11.3 Å². The number of anilines is 2. The van der Waals surface area contributed by atoms with Gasteiger partial charge in [0.05, 0.1) is 13.2 Å². The largest absolute Gasteiger partial charge is 0.378 e. The van der Waals surface area contributed by atoms with Crippen LogP contribution in [0.1, 0.15) is 12.5 Å². The van der Waals surface area contributed by atoms with Gasteiger partial charge in [0.15, 0.2) is 0 Å². The number of amides is 1. The number of benzene rings is 2. The molecule has 0 aliphatic carbocycles. The summed E-state index contributed by atoms with van der Waals surface area (Å²) >= 11 is 0. The Kier molecular flexibility index (Phi) is 6.61. The number of allylic oxidation sites excluding steroid dienone is 2. The Bertz CT molecular complexity index is 903. The molecule has 0 bridgehead atoms. The Morgan fingerprint density at radius 1 is 1.11 bits per heavy atom. The Morgan fingerprint density at radius 2 is 1.79 bits per heavy atom. The minimum atomic E-state index is -0.414. The van der Waals surface area contributed by atoms with E-state index in [1.807, 2.05) is 73.7 Å². The number of nitrogens with zero attached hydrogens (tertiary/aromatic N) is 2. The van der Waals surface area contributed by atoms with Gasteiger partial charge in [-0.3, -0.25) is 4.79 Å². The zero-order chi connectivity index (χ0) is 19.8. The van der Waals surface area contributed by atoms with Crippen LogP contribution in [-0.4, -0.2) is 32.2 Å². The Labute approximate surface area is 165 Å². The highest BCUT2D eigenvalue weighted by atomic mass is 16.5. The highest BCUT2D eigenvalue weighted by molar-refractivity contribution is 6.07. The lowest BCUT2D eigenvalue weighted by Gasteiger charge is -2.28. The third-order valence-electron chi connectivity index (χ3n) is 4.43. The number of nitriles is 1. The third kappa shape index (κ3) is 5.32. The molecule has 3 rings (SSSR count). The standard InChI is InChI=1S/C23H23N3O2/c1-18(15-19-5-3-2-4-6-19)16-20(17-24)23(27)25-21-7-9-22(10-8-21)26-11-13-28-14-12-26/h2-10,15-16H,11-14H2,1H3,(H,25,27)/b18-15+,20-16+. The average molecular weight is 373 g/mol. The van der Waals surface area contributed by atoms with E-state index in [0.717, 1.165) is 43.1 Å². The van der Waals surface area contributed by atoms with E-state index in [0.29, 0.717) is 5.69 Å². The van der Waals surface area contributed by atoms with Crippen molar-refractivity contribution in [3.63, 3.8) is 0 Å². The number of hydrogen-bond acceptors (Lipinski definition) is 4. The first-order chi connectivity index (χ1) is 13.7. The van der Waals surface area contributed by atoms with Crippen molar-refractivity contribution >= 4 is 23.4 Å². The zero-order valence-corrected chi connectivity index (χ0v) is 15.9. The van der Waals surface area contributed by atoms with E-state index in [2.05, 4.69) is 10.2 Å². The summed E-state index contributed by atoms with van der Waals surface area (Å²) in [7, 11) is 0. The Balaban J connectivity index is 1.66. The fraction of sp³-hybridized carbons (Fsp3) is 0.217. The topological polar surface area (TPSA) is 65.4 Å². The first-order valence-electron chi connectivity index (χ1n) is 9.25. The molecule has 0 saturated carbocycles. The smallest absolute Gasteiger partial charge is 0.266 e. The second-order valence-corrected chi connectivity index (χ2v) is 6.57. The lowest BCUT2D eigenvalue weighted by molar-refractivity contribution is -0.112. The van der Waals surface area contributed by atoms with E-state index < -0.39 is 5.91 Å². The quantitative estimate of drug-likeness (QED) is 0.488. The molecule has 1 aliphatic heterocycles. The number of ether oxygens (including phenoxy) is 1. The minimum absolute atomic E-state index is 0.0712. The molecule has 2 aromatic rings. The molecule has 5 heteroatoms. The fourth-order valence-electron chi connectivity index (χ4n) is 3.01. The van der Waals surface area contributed by atoms with Crippen LogP contribution >= 0.6 is 0 Å². The van der Waals surface area contributed by atoms with Gasteiger partial charge in [-0.05, 0) is 48.4 Å². The van der Waals surface area contributed by atoms with E-state index in [9.17, 15) is 10.1 Å². The Hall–Kier alpha value is -3.36. The minimum Gasteiger partial charge on any atom is -0.378 e. The summed E-state index contributed by atoms with van der Waals surface area (Å²) in [6.45, 7) is 5.05. The molecule has 0 radical (unpaired) electrons. The van der Waals surface area contributed by atoms with E-state index in [1.165, 1.54) is 0 Å². The molecule has 0 aromatic heterocycles. The third-order valence-corrected chi connectivity index (χ3v) is 4.43. The van der Waals surface area contributed by atoms with Crippen LogP contribution in [0.25, 0.3) is 6.08 Å². The fourth-order valence-corrected chi connectivity index (χ4v) is 3.01. The lowest BCUT2D eigenvalue weighted by Crippen LogP contribution is -2.36. The van der Waals surface area contributed by atoms with Crippen LogP contribution < -0.4 is 10.2 Å². The van der Waals surface area contributed by atoms with Crippen molar-refractivity contribution in [1.82, 2.24) is 0 Å². The lowest BCUT2D eigenvalue weighted by atomic mass is 10.1. The number of nitrogens with one attached hydrogen (secondary N) is 1. The molecule has 1 heterocycles. The number of hydrogen-bond donors (Lipinski definition) is 1. The molecule has 1 aliphatic rings. The first kappa shape index (κ1) is 19.4.